The molecule has 1 heteroatoms. The maximum Gasteiger partial charge on any atom is 0.0914 e. The average Bonchev–Trinajstić information content (AvgIpc) is 2.09. The first-order valence-corrected chi connectivity index (χ1v) is 5.41. The van der Waals surface area contributed by atoms with Crippen LogP contribution in [0.2, 0.25) is 0 Å². The van der Waals surface area contributed by atoms with Crippen molar-refractivity contribution >= 4 is 0 Å². The zero-order valence-corrected chi connectivity index (χ0v) is 8.86. The Hall–Kier alpha value is -0.300. The number of fused-ring (bicyclic) bond motifs is 1. The highest BCUT2D eigenvalue weighted by atomic mass is 16.5. The monoisotopic (exact) mass is 180 g/mol. The van der Waals surface area contributed by atoms with E-state index in [2.05, 4.69) is 20.4 Å². The van der Waals surface area contributed by atoms with Crippen molar-refractivity contribution in [1.82, 2.24) is 0 Å². The summed E-state index contributed by atoms with van der Waals surface area (Å²) in [6.07, 6.45) is 6.30. The fraction of sp³-hybridized carbons (Fsp3) is 0.833. The van der Waals surface area contributed by atoms with E-state index in [9.17, 15) is 0 Å². The van der Waals surface area contributed by atoms with Gasteiger partial charge in [0.15, 0.2) is 0 Å². The summed E-state index contributed by atoms with van der Waals surface area (Å²) in [5.74, 6) is 0. The average molecular weight is 180 g/mol. The van der Waals surface area contributed by atoms with Crippen molar-refractivity contribution in [2.75, 3.05) is 6.61 Å². The Morgan fingerprint density at radius 1 is 1.23 bits per heavy atom. The van der Waals surface area contributed by atoms with E-state index in [0.717, 1.165) is 13.0 Å². The molecule has 2 atom stereocenters. The quantitative estimate of drug-likeness (QED) is 0.520. The fourth-order valence-corrected chi connectivity index (χ4v) is 2.97. The van der Waals surface area contributed by atoms with Gasteiger partial charge >= 0.3 is 0 Å². The van der Waals surface area contributed by atoms with Crippen molar-refractivity contribution < 1.29 is 4.74 Å². The number of hydrogen-bond acceptors (Lipinski definition) is 1. The van der Waals surface area contributed by atoms with Gasteiger partial charge in [-0.05, 0) is 44.6 Å². The van der Waals surface area contributed by atoms with Gasteiger partial charge in [0.05, 0.1) is 5.60 Å². The van der Waals surface area contributed by atoms with Gasteiger partial charge in [-0.15, -0.1) is 0 Å². The van der Waals surface area contributed by atoms with Gasteiger partial charge in [0.1, 0.15) is 0 Å². The van der Waals surface area contributed by atoms with Crippen LogP contribution in [0.1, 0.15) is 46.0 Å². The Bertz CT molecular complexity index is 229. The van der Waals surface area contributed by atoms with Gasteiger partial charge in [-0.3, -0.25) is 0 Å². The molecular weight excluding hydrogens is 160 g/mol. The SMILES string of the molecule is C=C1CCC[C@]2(C)CCCO[C@@]12C. The lowest BCUT2D eigenvalue weighted by molar-refractivity contribution is -0.142. The second-order valence-electron chi connectivity index (χ2n) is 5.00. The lowest BCUT2D eigenvalue weighted by atomic mass is 9.60. The molecule has 2 rings (SSSR count). The first-order chi connectivity index (χ1) is 6.08. The second-order valence-corrected chi connectivity index (χ2v) is 5.00. The standard InChI is InChI=1S/C12H20O/c1-10-6-4-7-11(2)8-5-9-13-12(10,11)3/h1,4-9H2,2-3H3/t11-,12+/m1/s1. The summed E-state index contributed by atoms with van der Waals surface area (Å²) in [6, 6.07) is 0. The van der Waals surface area contributed by atoms with Gasteiger partial charge < -0.3 is 4.74 Å². The molecule has 0 unspecified atom stereocenters. The van der Waals surface area contributed by atoms with E-state index < -0.39 is 0 Å². The highest BCUT2D eigenvalue weighted by molar-refractivity contribution is 5.21. The molecule has 0 aromatic heterocycles. The van der Waals surface area contributed by atoms with Crippen LogP contribution in [0, 0.1) is 5.41 Å². The normalized spacial score (nSPS) is 45.8. The minimum atomic E-state index is -0.0243. The predicted molar refractivity (Wildman–Crippen MR) is 54.7 cm³/mol. The summed E-state index contributed by atoms with van der Waals surface area (Å²) in [7, 11) is 0. The molecular formula is C12H20O. The Balaban J connectivity index is 2.32. The molecule has 13 heavy (non-hydrogen) atoms. The summed E-state index contributed by atoms with van der Waals surface area (Å²) < 4.78 is 5.99. The largest absolute Gasteiger partial charge is 0.370 e. The first-order valence-electron chi connectivity index (χ1n) is 5.41. The molecule has 2 fully saturated rings. The molecule has 0 aromatic carbocycles. The van der Waals surface area contributed by atoms with Gasteiger partial charge in [-0.25, -0.2) is 0 Å². The molecule has 74 valence electrons. The maximum absolute atomic E-state index is 5.99. The summed E-state index contributed by atoms with van der Waals surface area (Å²) in [5.41, 5.74) is 1.66. The number of ether oxygens (including phenoxy) is 1. The molecule has 1 aliphatic carbocycles. The predicted octanol–water partition coefficient (Wildman–Crippen LogP) is 3.30. The van der Waals surface area contributed by atoms with Crippen molar-refractivity contribution in [3.05, 3.63) is 12.2 Å². The van der Waals surface area contributed by atoms with Gasteiger partial charge in [0.2, 0.25) is 0 Å². The molecule has 0 aromatic rings. The van der Waals surface area contributed by atoms with E-state index in [1.165, 1.54) is 31.3 Å². The minimum Gasteiger partial charge on any atom is -0.370 e. The van der Waals surface area contributed by atoms with E-state index in [4.69, 9.17) is 4.74 Å². The molecule has 2 aliphatic rings. The first kappa shape index (κ1) is 9.26. The van der Waals surface area contributed by atoms with Gasteiger partial charge in [-0.2, -0.15) is 0 Å². The summed E-state index contributed by atoms with van der Waals surface area (Å²) in [5, 5.41) is 0. The van der Waals surface area contributed by atoms with Crippen LogP contribution in [0.25, 0.3) is 0 Å². The van der Waals surface area contributed by atoms with Crippen LogP contribution in [0.3, 0.4) is 0 Å². The Morgan fingerprint density at radius 2 is 1.92 bits per heavy atom. The smallest absolute Gasteiger partial charge is 0.0914 e. The Kier molecular flexibility index (Phi) is 2.03. The van der Waals surface area contributed by atoms with Gasteiger partial charge in [0, 0.05) is 12.0 Å². The third-order valence-corrected chi connectivity index (χ3v) is 4.30. The molecule has 0 amide bonds. The zero-order chi connectivity index (χ0) is 9.53. The van der Waals surface area contributed by atoms with E-state index in [1.807, 2.05) is 0 Å². The van der Waals surface area contributed by atoms with Crippen molar-refractivity contribution in [2.45, 2.75) is 51.6 Å². The van der Waals surface area contributed by atoms with Crippen LogP contribution < -0.4 is 0 Å². The maximum atomic E-state index is 5.99. The lowest BCUT2D eigenvalue weighted by Crippen LogP contribution is -2.52. The van der Waals surface area contributed by atoms with E-state index >= 15 is 0 Å². The summed E-state index contributed by atoms with van der Waals surface area (Å²) in [4.78, 5) is 0. The molecule has 1 heterocycles. The number of hydrogen-bond donors (Lipinski definition) is 0. The van der Waals surface area contributed by atoms with Crippen molar-refractivity contribution in [1.29, 1.82) is 0 Å². The molecule has 1 aliphatic heterocycles. The minimum absolute atomic E-state index is 0.0243. The molecule has 1 nitrogen and oxygen atoms in total. The van der Waals surface area contributed by atoms with Crippen molar-refractivity contribution in [3.8, 4) is 0 Å². The topological polar surface area (TPSA) is 9.23 Å². The fourth-order valence-electron chi connectivity index (χ4n) is 2.97. The third kappa shape index (κ3) is 1.17. The summed E-state index contributed by atoms with van der Waals surface area (Å²) >= 11 is 0. The molecule has 0 radical (unpaired) electrons. The van der Waals surface area contributed by atoms with Gasteiger partial charge in [0.25, 0.3) is 0 Å². The van der Waals surface area contributed by atoms with Crippen LogP contribution >= 0.6 is 0 Å². The van der Waals surface area contributed by atoms with Crippen LogP contribution in [-0.4, -0.2) is 12.2 Å². The molecule has 0 bridgehead atoms. The van der Waals surface area contributed by atoms with E-state index in [0.29, 0.717) is 5.41 Å². The molecule has 1 saturated carbocycles. The molecule has 0 N–H and O–H groups in total. The summed E-state index contributed by atoms with van der Waals surface area (Å²) in [6.45, 7) is 9.73. The van der Waals surface area contributed by atoms with Crippen LogP contribution in [0.4, 0.5) is 0 Å². The van der Waals surface area contributed by atoms with Crippen molar-refractivity contribution in [3.63, 3.8) is 0 Å². The number of rotatable bonds is 0. The Morgan fingerprint density at radius 3 is 2.62 bits per heavy atom. The van der Waals surface area contributed by atoms with E-state index in [1.54, 1.807) is 0 Å². The third-order valence-electron chi connectivity index (χ3n) is 4.30. The van der Waals surface area contributed by atoms with Crippen LogP contribution in [0.15, 0.2) is 12.2 Å². The molecule has 0 spiro atoms. The van der Waals surface area contributed by atoms with Crippen LogP contribution in [-0.2, 0) is 4.74 Å². The zero-order valence-electron chi connectivity index (χ0n) is 8.86. The lowest BCUT2D eigenvalue weighted by Gasteiger charge is -2.54. The molecule has 1 saturated heterocycles. The highest BCUT2D eigenvalue weighted by Crippen LogP contribution is 2.53. The van der Waals surface area contributed by atoms with Crippen LogP contribution in [0.5, 0.6) is 0 Å². The highest BCUT2D eigenvalue weighted by Gasteiger charge is 2.50. The van der Waals surface area contributed by atoms with Gasteiger partial charge in [-0.1, -0.05) is 13.5 Å². The van der Waals surface area contributed by atoms with Crippen molar-refractivity contribution in [2.24, 2.45) is 5.41 Å². The second kappa shape index (κ2) is 2.84. The van der Waals surface area contributed by atoms with E-state index in [-0.39, 0.29) is 5.60 Å². The Labute approximate surface area is 81.2 Å².